The van der Waals surface area contributed by atoms with E-state index in [0.717, 1.165) is 0 Å². The van der Waals surface area contributed by atoms with Crippen LogP contribution in [0.3, 0.4) is 0 Å². The molecule has 4 aromatic rings. The van der Waals surface area contributed by atoms with E-state index in [4.69, 9.17) is 19.6 Å². The van der Waals surface area contributed by atoms with Crippen LogP contribution in [0.4, 0.5) is 11.8 Å². The second kappa shape index (κ2) is 9.30. The molecule has 12 heteroatoms. The second-order valence-electron chi connectivity index (χ2n) is 7.84. The lowest BCUT2D eigenvalue weighted by molar-refractivity contribution is -0.125. The number of hydrogen-bond acceptors (Lipinski definition) is 10. The molecule has 1 aliphatic rings. The number of nitrogens with zero attached hydrogens (tertiary/aromatic N) is 7. The van der Waals surface area contributed by atoms with Gasteiger partial charge < -0.3 is 24.2 Å². The number of aromatic nitrogens is 5. The quantitative estimate of drug-likeness (QED) is 0.328. The van der Waals surface area contributed by atoms with Gasteiger partial charge in [0.15, 0.2) is 0 Å². The molecule has 1 fully saturated rings. The van der Waals surface area contributed by atoms with Gasteiger partial charge in [0.25, 0.3) is 5.91 Å². The van der Waals surface area contributed by atoms with Gasteiger partial charge >= 0.3 is 6.01 Å². The molecule has 0 spiro atoms. The number of nitrogen functional groups attached to an aromatic ring is 1. The number of rotatable bonds is 5. The van der Waals surface area contributed by atoms with Crippen LogP contribution in [-0.4, -0.2) is 63.0 Å². The summed E-state index contributed by atoms with van der Waals surface area (Å²) >= 11 is 0. The first-order valence-electron chi connectivity index (χ1n) is 10.9. The molecular formula is C24H22N8O4. The van der Waals surface area contributed by atoms with Crippen molar-refractivity contribution in [2.75, 3.05) is 38.1 Å². The van der Waals surface area contributed by atoms with Gasteiger partial charge in [-0.15, -0.1) is 5.10 Å². The van der Waals surface area contributed by atoms with Crippen LogP contribution in [0.5, 0.6) is 11.5 Å². The van der Waals surface area contributed by atoms with Gasteiger partial charge in [0.05, 0.1) is 44.3 Å². The number of carbonyl (C=O) groups is 1. The van der Waals surface area contributed by atoms with E-state index >= 15 is 0 Å². The predicted molar refractivity (Wildman–Crippen MR) is 130 cm³/mol. The molecule has 4 heterocycles. The van der Waals surface area contributed by atoms with Crippen molar-refractivity contribution in [1.29, 1.82) is 0 Å². The smallest absolute Gasteiger partial charge is 0.337 e. The maximum Gasteiger partial charge on any atom is 0.337 e. The minimum Gasteiger partial charge on any atom is -0.497 e. The number of anilines is 2. The first kappa shape index (κ1) is 22.7. The number of methoxy groups -OCH3 is 2. The van der Waals surface area contributed by atoms with Crippen LogP contribution in [0, 0.1) is 11.8 Å². The van der Waals surface area contributed by atoms with Gasteiger partial charge in [0.2, 0.25) is 6.39 Å². The highest BCUT2D eigenvalue weighted by Crippen LogP contribution is 2.32. The number of fused-ring (bicyclic) bond motifs is 1. The molecule has 3 aromatic heterocycles. The van der Waals surface area contributed by atoms with Crippen LogP contribution in [0.1, 0.15) is 17.2 Å². The Balaban J connectivity index is 1.57. The zero-order valence-corrected chi connectivity index (χ0v) is 19.6. The topological polar surface area (TPSA) is 138 Å². The second-order valence-corrected chi connectivity index (χ2v) is 7.84. The first-order valence-corrected chi connectivity index (χ1v) is 10.9. The third kappa shape index (κ3) is 4.03. The van der Waals surface area contributed by atoms with E-state index in [1.54, 1.807) is 25.3 Å². The normalized spacial score (nSPS) is 15.0. The Morgan fingerprint density at radius 2 is 1.97 bits per heavy atom. The summed E-state index contributed by atoms with van der Waals surface area (Å²) in [5.74, 6) is 7.59. The van der Waals surface area contributed by atoms with Gasteiger partial charge in [0.1, 0.15) is 29.3 Å². The third-order valence-corrected chi connectivity index (χ3v) is 5.78. The summed E-state index contributed by atoms with van der Waals surface area (Å²) in [6.07, 6.45) is 5.70. The SMILES string of the molecule is C=CC(=O)N1C[C@@H](n2cc(C#Cc3cc(OC)cc(OC)c3)c3c(N)ncnc32)CN1c1nnco1. The van der Waals surface area contributed by atoms with Crippen molar-refractivity contribution in [3.63, 3.8) is 0 Å². The van der Waals surface area contributed by atoms with Crippen LogP contribution in [0.2, 0.25) is 0 Å². The minimum atomic E-state index is -0.298. The Morgan fingerprint density at radius 1 is 1.19 bits per heavy atom. The minimum absolute atomic E-state index is 0.199. The molecule has 1 aromatic carbocycles. The Hall–Kier alpha value is -5.05. The lowest BCUT2D eigenvalue weighted by Crippen LogP contribution is -2.40. The average Bonchev–Trinajstić information content (AvgIpc) is 3.65. The number of carbonyl (C=O) groups excluding carboxylic acids is 1. The van der Waals surface area contributed by atoms with E-state index in [-0.39, 0.29) is 18.0 Å². The van der Waals surface area contributed by atoms with Crippen LogP contribution in [0.15, 0.2) is 54.2 Å². The van der Waals surface area contributed by atoms with Crippen molar-refractivity contribution in [2.45, 2.75) is 6.04 Å². The molecule has 0 unspecified atom stereocenters. The summed E-state index contributed by atoms with van der Waals surface area (Å²) < 4.78 is 17.9. The highest BCUT2D eigenvalue weighted by Gasteiger charge is 2.37. The molecule has 1 saturated heterocycles. The fourth-order valence-electron chi connectivity index (χ4n) is 4.11. The lowest BCUT2D eigenvalue weighted by Gasteiger charge is -2.23. The van der Waals surface area contributed by atoms with Crippen molar-refractivity contribution in [1.82, 2.24) is 29.7 Å². The van der Waals surface area contributed by atoms with Crippen LogP contribution >= 0.6 is 0 Å². The largest absolute Gasteiger partial charge is 0.497 e. The van der Waals surface area contributed by atoms with Crippen molar-refractivity contribution in [2.24, 2.45) is 0 Å². The summed E-state index contributed by atoms with van der Waals surface area (Å²) in [4.78, 5) is 21.2. The summed E-state index contributed by atoms with van der Waals surface area (Å²) in [7, 11) is 3.16. The molecule has 1 atom stereocenters. The number of hydrazine groups is 1. The molecule has 0 bridgehead atoms. The van der Waals surface area contributed by atoms with Crippen LogP contribution < -0.4 is 20.2 Å². The number of benzene rings is 1. The van der Waals surface area contributed by atoms with Crippen LogP contribution in [0.25, 0.3) is 11.0 Å². The average molecular weight is 486 g/mol. The Kier molecular flexibility index (Phi) is 5.87. The molecule has 0 radical (unpaired) electrons. The molecule has 182 valence electrons. The Morgan fingerprint density at radius 3 is 2.64 bits per heavy atom. The highest BCUT2D eigenvalue weighted by molar-refractivity contribution is 5.93. The van der Waals surface area contributed by atoms with E-state index < -0.39 is 0 Å². The van der Waals surface area contributed by atoms with Crippen molar-refractivity contribution >= 4 is 28.8 Å². The van der Waals surface area contributed by atoms with Crippen LogP contribution in [-0.2, 0) is 4.79 Å². The number of nitrogens with two attached hydrogens (primary N) is 1. The molecule has 1 aliphatic heterocycles. The molecule has 5 rings (SSSR count). The fourth-order valence-corrected chi connectivity index (χ4v) is 4.11. The zero-order valence-electron chi connectivity index (χ0n) is 19.6. The van der Waals surface area contributed by atoms with Gasteiger partial charge in [-0.25, -0.2) is 20.0 Å². The van der Waals surface area contributed by atoms with Crippen molar-refractivity contribution < 1.29 is 18.7 Å². The van der Waals surface area contributed by atoms with E-state index in [9.17, 15) is 4.79 Å². The highest BCUT2D eigenvalue weighted by atomic mass is 16.5. The summed E-state index contributed by atoms with van der Waals surface area (Å²) in [6.45, 7) is 4.29. The maximum atomic E-state index is 12.6. The monoisotopic (exact) mass is 486 g/mol. The van der Waals surface area contributed by atoms with Gasteiger partial charge in [0, 0.05) is 17.8 Å². The van der Waals surface area contributed by atoms with Crippen molar-refractivity contribution in [3.8, 4) is 23.3 Å². The fraction of sp³-hybridized carbons (Fsp3) is 0.208. The predicted octanol–water partition coefficient (Wildman–Crippen LogP) is 1.80. The van der Waals surface area contributed by atoms with Gasteiger partial charge in [-0.3, -0.25) is 4.79 Å². The Bertz CT molecular complexity index is 1480. The van der Waals surface area contributed by atoms with E-state index in [1.807, 2.05) is 22.9 Å². The summed E-state index contributed by atoms with van der Waals surface area (Å²) in [5.41, 5.74) is 8.18. The third-order valence-electron chi connectivity index (χ3n) is 5.78. The van der Waals surface area contributed by atoms with E-state index in [0.29, 0.717) is 52.6 Å². The molecule has 36 heavy (non-hydrogen) atoms. The lowest BCUT2D eigenvalue weighted by atomic mass is 10.1. The molecule has 0 aliphatic carbocycles. The standard InChI is InChI=1S/C24H22N8O4/c1-4-20(33)31-11-17(12-32(31)24-29-28-14-36-24)30-10-16(21-22(25)26-13-27-23(21)30)6-5-15-7-18(34-2)9-19(8-15)35-3/h4,7-10,13-14,17H,1,11-12H2,2-3H3,(H2,25,26,27)/t17-/m1/s1. The van der Waals surface area contributed by atoms with Crippen molar-refractivity contribution in [3.05, 3.63) is 60.9 Å². The van der Waals surface area contributed by atoms with Gasteiger partial charge in [-0.1, -0.05) is 23.5 Å². The first-order chi connectivity index (χ1) is 17.5. The molecule has 2 N–H and O–H groups in total. The van der Waals surface area contributed by atoms with E-state index in [1.165, 1.54) is 23.8 Å². The zero-order chi connectivity index (χ0) is 25.2. The van der Waals surface area contributed by atoms with Gasteiger partial charge in [-0.2, -0.15) is 0 Å². The molecule has 12 nitrogen and oxygen atoms in total. The molecular weight excluding hydrogens is 464 g/mol. The van der Waals surface area contributed by atoms with E-state index in [2.05, 4.69) is 38.6 Å². The Labute approximate surface area is 205 Å². The number of hydrogen-bond donors (Lipinski definition) is 1. The number of amides is 1. The summed E-state index contributed by atoms with van der Waals surface area (Å²) in [6, 6.07) is 5.38. The maximum absolute atomic E-state index is 12.6. The summed E-state index contributed by atoms with van der Waals surface area (Å²) in [5, 5.41) is 11.4. The molecule has 1 amide bonds. The van der Waals surface area contributed by atoms with Gasteiger partial charge in [-0.05, 0) is 18.2 Å². The molecule has 0 saturated carbocycles. The number of ether oxygens (including phenoxy) is 2.